The van der Waals surface area contributed by atoms with Gasteiger partial charge in [-0.05, 0) is 19.1 Å². The number of ether oxygens (including phenoxy) is 2. The number of aliphatic hydroxyl groups excluding tert-OH is 1. The van der Waals surface area contributed by atoms with E-state index in [2.05, 4.69) is 10.2 Å². The fourth-order valence-electron chi connectivity index (χ4n) is 1.45. The summed E-state index contributed by atoms with van der Waals surface area (Å²) in [6, 6.07) is 5.04. The van der Waals surface area contributed by atoms with E-state index in [0.717, 1.165) is 0 Å². The summed E-state index contributed by atoms with van der Waals surface area (Å²) in [5.41, 5.74) is 0.451. The van der Waals surface area contributed by atoms with Gasteiger partial charge < -0.3 is 14.6 Å². The maximum absolute atomic E-state index is 11.2. The van der Waals surface area contributed by atoms with Gasteiger partial charge in [-0.3, -0.25) is 4.79 Å². The van der Waals surface area contributed by atoms with Gasteiger partial charge in [-0.25, -0.2) is 0 Å². The number of hydrogen-bond donors (Lipinski definition) is 1. The summed E-state index contributed by atoms with van der Waals surface area (Å²) in [5, 5.41) is 16.9. The van der Waals surface area contributed by atoms with Crippen LogP contribution in [-0.2, 0) is 4.79 Å². The van der Waals surface area contributed by atoms with E-state index in [-0.39, 0.29) is 24.0 Å². The lowest BCUT2D eigenvalue weighted by atomic mass is 10.3. The molecule has 94 valence electrons. The van der Waals surface area contributed by atoms with Crippen LogP contribution in [0.5, 0.6) is 11.5 Å². The molecule has 6 nitrogen and oxygen atoms in total. The Kier molecular flexibility index (Phi) is 3.27. The van der Waals surface area contributed by atoms with Crippen LogP contribution >= 0.6 is 0 Å². The zero-order valence-corrected chi connectivity index (χ0v) is 10.0. The van der Waals surface area contributed by atoms with Crippen molar-refractivity contribution >= 4 is 11.5 Å². The zero-order valence-electron chi connectivity index (χ0n) is 10.0. The molecule has 0 atom stereocenters. The van der Waals surface area contributed by atoms with E-state index < -0.39 is 0 Å². The first-order valence-corrected chi connectivity index (χ1v) is 5.30. The number of nitrogens with zero attached hydrogens (tertiary/aromatic N) is 2. The number of allylic oxidation sites excluding steroid dienone is 2. The van der Waals surface area contributed by atoms with Crippen molar-refractivity contribution in [3.63, 3.8) is 0 Å². The molecule has 1 aromatic carbocycles. The first-order chi connectivity index (χ1) is 8.58. The third kappa shape index (κ3) is 2.48. The predicted octanol–water partition coefficient (Wildman–Crippen LogP) is 2.88. The molecule has 0 saturated heterocycles. The molecular formula is C12H12N2O4. The minimum atomic E-state index is -0.348. The smallest absolute Gasteiger partial charge is 0.231 e. The molecule has 1 aromatic rings. The minimum Gasteiger partial charge on any atom is -0.510 e. The first-order valence-electron chi connectivity index (χ1n) is 5.30. The van der Waals surface area contributed by atoms with Crippen LogP contribution in [0.15, 0.2) is 39.9 Å². The minimum absolute atomic E-state index is 0.0623. The van der Waals surface area contributed by atoms with Crippen LogP contribution in [-0.4, -0.2) is 17.7 Å². The Bertz CT molecular complexity index is 545. The molecule has 0 radical (unpaired) electrons. The monoisotopic (exact) mass is 248 g/mol. The Morgan fingerprint density at radius 2 is 2.00 bits per heavy atom. The van der Waals surface area contributed by atoms with E-state index in [4.69, 9.17) is 9.47 Å². The van der Waals surface area contributed by atoms with Gasteiger partial charge >= 0.3 is 0 Å². The van der Waals surface area contributed by atoms with Gasteiger partial charge in [0.05, 0.1) is 5.69 Å². The second-order valence-corrected chi connectivity index (χ2v) is 3.73. The normalized spacial score (nSPS) is 14.8. The second kappa shape index (κ2) is 4.87. The average molecular weight is 248 g/mol. The number of carbonyl (C=O) groups excluding carboxylic acids is 1. The van der Waals surface area contributed by atoms with Gasteiger partial charge in [0, 0.05) is 13.0 Å². The third-order valence-electron chi connectivity index (χ3n) is 2.30. The van der Waals surface area contributed by atoms with Crippen LogP contribution in [0.2, 0.25) is 0 Å². The molecule has 0 bridgehead atoms. The van der Waals surface area contributed by atoms with Crippen LogP contribution < -0.4 is 9.47 Å². The molecule has 18 heavy (non-hydrogen) atoms. The molecule has 0 saturated carbocycles. The largest absolute Gasteiger partial charge is 0.510 e. The van der Waals surface area contributed by atoms with E-state index in [1.165, 1.54) is 13.8 Å². The summed E-state index contributed by atoms with van der Waals surface area (Å²) in [6.45, 7) is 2.88. The zero-order chi connectivity index (χ0) is 13.1. The van der Waals surface area contributed by atoms with Gasteiger partial charge in [0.2, 0.25) is 6.79 Å². The third-order valence-corrected chi connectivity index (χ3v) is 2.30. The van der Waals surface area contributed by atoms with Crippen molar-refractivity contribution < 1.29 is 19.4 Å². The molecule has 2 rings (SSSR count). The molecule has 1 N–H and O–H groups in total. The number of ketones is 1. The van der Waals surface area contributed by atoms with Crippen LogP contribution in [0, 0.1) is 0 Å². The van der Waals surface area contributed by atoms with Crippen molar-refractivity contribution in [3.8, 4) is 11.5 Å². The summed E-state index contributed by atoms with van der Waals surface area (Å²) in [7, 11) is 0. The highest BCUT2D eigenvalue weighted by Crippen LogP contribution is 2.35. The molecule has 0 spiro atoms. The van der Waals surface area contributed by atoms with E-state index in [9.17, 15) is 9.90 Å². The summed E-state index contributed by atoms with van der Waals surface area (Å²) >= 11 is 0. The fourth-order valence-corrected chi connectivity index (χ4v) is 1.45. The number of aliphatic hydroxyl groups is 1. The summed E-state index contributed by atoms with van der Waals surface area (Å²) in [4.78, 5) is 11.2. The van der Waals surface area contributed by atoms with Crippen LogP contribution in [0.3, 0.4) is 0 Å². The maximum atomic E-state index is 11.2. The highest BCUT2D eigenvalue weighted by atomic mass is 16.7. The van der Waals surface area contributed by atoms with Gasteiger partial charge in [-0.1, -0.05) is 0 Å². The highest BCUT2D eigenvalue weighted by molar-refractivity contribution is 5.93. The molecular weight excluding hydrogens is 236 g/mol. The molecule has 0 aromatic heterocycles. The number of carbonyl (C=O) groups is 1. The van der Waals surface area contributed by atoms with Crippen molar-refractivity contribution in [1.82, 2.24) is 0 Å². The molecule has 1 aliphatic heterocycles. The second-order valence-electron chi connectivity index (χ2n) is 3.73. The van der Waals surface area contributed by atoms with Gasteiger partial charge in [-0.15, -0.1) is 5.11 Å². The molecule has 6 heteroatoms. The molecule has 0 aliphatic carbocycles. The van der Waals surface area contributed by atoms with Gasteiger partial charge in [-0.2, -0.15) is 5.11 Å². The van der Waals surface area contributed by atoms with Gasteiger partial charge in [0.15, 0.2) is 23.0 Å². The topological polar surface area (TPSA) is 80.5 Å². The lowest BCUT2D eigenvalue weighted by molar-refractivity contribution is -0.113. The van der Waals surface area contributed by atoms with Gasteiger partial charge in [0.1, 0.15) is 5.76 Å². The average Bonchev–Trinajstić information content (AvgIpc) is 2.75. The Balaban J connectivity index is 2.24. The summed E-state index contributed by atoms with van der Waals surface area (Å²) < 4.78 is 10.3. The highest BCUT2D eigenvalue weighted by Gasteiger charge is 2.13. The number of rotatable bonds is 3. The number of hydrogen-bond acceptors (Lipinski definition) is 6. The van der Waals surface area contributed by atoms with Crippen molar-refractivity contribution in [2.24, 2.45) is 10.2 Å². The Labute approximate surface area is 104 Å². The molecule has 0 unspecified atom stereocenters. The quantitative estimate of drug-likeness (QED) is 0.506. The van der Waals surface area contributed by atoms with Crippen molar-refractivity contribution in [3.05, 3.63) is 29.7 Å². The Morgan fingerprint density at radius 1 is 1.28 bits per heavy atom. The van der Waals surface area contributed by atoms with Crippen LogP contribution in [0.25, 0.3) is 0 Å². The Hall–Kier alpha value is -2.37. The first kappa shape index (κ1) is 12.1. The van der Waals surface area contributed by atoms with Crippen LogP contribution in [0.1, 0.15) is 13.8 Å². The van der Waals surface area contributed by atoms with E-state index in [0.29, 0.717) is 17.2 Å². The van der Waals surface area contributed by atoms with E-state index >= 15 is 0 Å². The van der Waals surface area contributed by atoms with Crippen molar-refractivity contribution in [2.75, 3.05) is 6.79 Å². The lowest BCUT2D eigenvalue weighted by Crippen LogP contribution is -1.96. The number of azo groups is 1. The van der Waals surface area contributed by atoms with E-state index in [1.807, 2.05) is 0 Å². The maximum Gasteiger partial charge on any atom is 0.231 e. The predicted molar refractivity (Wildman–Crippen MR) is 63.1 cm³/mol. The number of Topliss-reactive ketones (excluding diaryl/α,β-unsaturated/α-hetero) is 1. The summed E-state index contributed by atoms with van der Waals surface area (Å²) in [6.07, 6.45) is 0. The summed E-state index contributed by atoms with van der Waals surface area (Å²) in [5.74, 6) is 0.724. The van der Waals surface area contributed by atoms with E-state index in [1.54, 1.807) is 18.2 Å². The fraction of sp³-hybridized carbons (Fsp3) is 0.250. The Morgan fingerprint density at radius 3 is 2.67 bits per heavy atom. The number of fused-ring (bicyclic) bond motifs is 1. The SMILES string of the molecule is CC(=O)C(N=Nc1ccc2c(c1)OCO2)=C(C)O. The van der Waals surface area contributed by atoms with Crippen molar-refractivity contribution in [1.29, 1.82) is 0 Å². The number of benzene rings is 1. The van der Waals surface area contributed by atoms with Crippen LogP contribution in [0.4, 0.5) is 5.69 Å². The standard InChI is InChI=1S/C12H12N2O4/c1-7(15)12(8(2)16)14-13-9-3-4-10-11(5-9)18-6-17-10/h3-5,15H,6H2,1-2H3. The van der Waals surface area contributed by atoms with Gasteiger partial charge in [0.25, 0.3) is 0 Å². The van der Waals surface area contributed by atoms with Crippen molar-refractivity contribution in [2.45, 2.75) is 13.8 Å². The molecule has 0 fully saturated rings. The lowest BCUT2D eigenvalue weighted by Gasteiger charge is -1.98. The molecule has 0 amide bonds. The molecule has 1 aliphatic rings. The molecule has 1 heterocycles.